The van der Waals surface area contributed by atoms with Crippen LogP contribution >= 0.6 is 0 Å². The predicted molar refractivity (Wildman–Crippen MR) is 268 cm³/mol. The summed E-state index contributed by atoms with van der Waals surface area (Å²) in [7, 11) is 4.98. The van der Waals surface area contributed by atoms with Gasteiger partial charge in [-0.25, -0.2) is 15.0 Å². The first-order chi connectivity index (χ1) is 33.3. The van der Waals surface area contributed by atoms with Crippen LogP contribution in [0.1, 0.15) is 102 Å². The Kier molecular flexibility index (Phi) is 16.5. The monoisotopic (exact) mass is 967 g/mol. The molecule has 2 aromatic carbocycles. The Hall–Kier alpha value is -5.75. The van der Waals surface area contributed by atoms with Crippen LogP contribution in [-0.4, -0.2) is 144 Å². The van der Waals surface area contributed by atoms with Crippen molar-refractivity contribution in [2.75, 3.05) is 72.0 Å². The molecule has 4 heterocycles. The number of benzene rings is 2. The molecule has 2 aliphatic heterocycles. The maximum Gasteiger partial charge on any atom is 0.410 e. The number of piperazine rings is 1. The van der Waals surface area contributed by atoms with Crippen LogP contribution in [0.25, 0.3) is 22.2 Å². The highest BCUT2D eigenvalue weighted by Gasteiger charge is 2.44. The van der Waals surface area contributed by atoms with Crippen molar-refractivity contribution in [2.24, 2.45) is 5.41 Å². The Balaban J connectivity index is 1.17. The third-order valence-corrected chi connectivity index (χ3v) is 13.7. The number of esters is 1. The molecule has 17 nitrogen and oxygen atoms in total. The lowest BCUT2D eigenvalue weighted by atomic mass is 9.84. The number of alkyl carbamates (subject to hydrolysis) is 1. The van der Waals surface area contributed by atoms with Crippen LogP contribution in [0, 0.1) is 5.41 Å². The quantitative estimate of drug-likeness (QED) is 0.0744. The minimum absolute atomic E-state index is 0.00832. The number of carbonyl (C=O) groups is 4. The average molecular weight is 967 g/mol. The van der Waals surface area contributed by atoms with E-state index in [-0.39, 0.29) is 49.8 Å². The Morgan fingerprint density at radius 1 is 0.986 bits per heavy atom. The van der Waals surface area contributed by atoms with Crippen LogP contribution < -0.4 is 15.6 Å². The molecule has 380 valence electrons. The Bertz CT molecular complexity index is 2480. The van der Waals surface area contributed by atoms with Crippen molar-refractivity contribution in [1.29, 1.82) is 0 Å². The van der Waals surface area contributed by atoms with Gasteiger partial charge in [0.1, 0.15) is 24.3 Å². The van der Waals surface area contributed by atoms with Crippen molar-refractivity contribution in [3.8, 4) is 11.3 Å². The molecule has 3 amide bonds. The normalized spacial score (nSPS) is 19.5. The number of carbonyl (C=O) groups excluding carboxylic acids is 4. The van der Waals surface area contributed by atoms with Crippen molar-refractivity contribution >= 4 is 40.7 Å². The number of nitrogens with one attached hydrogen (secondary N) is 2. The lowest BCUT2D eigenvalue weighted by Crippen LogP contribution is -2.62. The predicted octanol–water partition coefficient (Wildman–Crippen LogP) is 6.80. The number of amides is 3. The molecule has 0 bridgehead atoms. The Morgan fingerprint density at radius 3 is 2.37 bits per heavy atom. The Morgan fingerprint density at radius 2 is 1.71 bits per heavy atom. The average Bonchev–Trinajstić information content (AvgIpc) is 4.11. The van der Waals surface area contributed by atoms with Gasteiger partial charge in [-0.05, 0) is 108 Å². The van der Waals surface area contributed by atoms with Gasteiger partial charge in [0, 0.05) is 88.0 Å². The first-order valence-electron chi connectivity index (χ1n) is 24.7. The lowest BCUT2D eigenvalue weighted by molar-refractivity contribution is -0.150. The Labute approximate surface area is 412 Å². The van der Waals surface area contributed by atoms with Gasteiger partial charge in [-0.15, -0.1) is 0 Å². The third-order valence-electron chi connectivity index (χ3n) is 13.7. The summed E-state index contributed by atoms with van der Waals surface area (Å²) in [5, 5.41) is 16.1. The van der Waals surface area contributed by atoms with E-state index in [0.29, 0.717) is 58.5 Å². The summed E-state index contributed by atoms with van der Waals surface area (Å²) in [6, 6.07) is 17.0. The number of nitrogens with zero attached hydrogens (tertiary/aromatic N) is 6. The third kappa shape index (κ3) is 12.2. The number of hydrogen-bond acceptors (Lipinski definition) is 13. The molecule has 0 radical (unpaired) electrons. The van der Waals surface area contributed by atoms with Crippen LogP contribution in [-0.2, 0) is 48.1 Å². The number of aliphatic hydroxyl groups is 1. The first-order valence-corrected chi connectivity index (χ1v) is 24.7. The van der Waals surface area contributed by atoms with E-state index in [1.54, 1.807) is 32.8 Å². The van der Waals surface area contributed by atoms with Gasteiger partial charge in [0.05, 0.1) is 36.5 Å². The SMILES string of the molecule is CCn1c(-c2cc(N3CCN(C(=O)OCc4ccccc4)CC3)cnc2[C@@H](C)OC)c(CC(C)(C)CO)c2cc([C@H]3C[C@@H]3N(C)C[C@@H](NC(=O)OC(C)(C)C)C(=O)N3CCC[C@@H](C(=O)OC)N3)ccc21. The standard InChI is InChI=1S/C53H74N8O9/c1-11-60-44-20-19-36(38-28-45(38)57(8)31-43(55-50(65)70-52(3,4)5)48(63)61-21-15-18-42(56-61)49(64)68-10)26-39(44)41(29-53(6,7)33-62)47(60)40-27-37(30-54-46(40)34(2)67-9)58-22-24-59(25-23-58)51(66)69-32-35-16-13-12-14-17-35/h12-14,16-17,19-20,26-27,30,34,38,42-43,45,56,62H,11,15,18,21-25,28-29,31-33H2,1-10H3,(H,55,65)/t34-,38-,42+,43-,45+/m1/s1. The van der Waals surface area contributed by atoms with Gasteiger partial charge >= 0.3 is 18.2 Å². The maximum absolute atomic E-state index is 14.1. The second kappa shape index (κ2) is 22.1. The van der Waals surface area contributed by atoms with E-state index < -0.39 is 35.2 Å². The van der Waals surface area contributed by atoms with Crippen molar-refractivity contribution in [1.82, 2.24) is 35.1 Å². The van der Waals surface area contributed by atoms with E-state index in [1.165, 1.54) is 12.1 Å². The van der Waals surface area contributed by atoms with E-state index in [0.717, 1.165) is 56.7 Å². The summed E-state index contributed by atoms with van der Waals surface area (Å²) in [5.74, 6) is -0.662. The molecule has 7 rings (SSSR count). The lowest BCUT2D eigenvalue weighted by Gasteiger charge is -2.36. The summed E-state index contributed by atoms with van der Waals surface area (Å²) in [6.45, 7) is 17.4. The number of aryl methyl sites for hydroxylation is 1. The van der Waals surface area contributed by atoms with Crippen LogP contribution in [0.4, 0.5) is 15.3 Å². The molecular weight excluding hydrogens is 893 g/mol. The fourth-order valence-corrected chi connectivity index (χ4v) is 9.77. The number of anilines is 1. The van der Waals surface area contributed by atoms with Gasteiger partial charge < -0.3 is 48.6 Å². The fraction of sp³-hybridized carbons (Fsp3) is 0.566. The van der Waals surface area contributed by atoms with Gasteiger partial charge in [-0.3, -0.25) is 19.6 Å². The zero-order chi connectivity index (χ0) is 50.5. The maximum atomic E-state index is 14.1. The van der Waals surface area contributed by atoms with Gasteiger partial charge in [-0.2, -0.15) is 0 Å². The van der Waals surface area contributed by atoms with Crippen molar-refractivity contribution in [3.63, 3.8) is 0 Å². The van der Waals surface area contributed by atoms with Crippen molar-refractivity contribution < 1.29 is 43.2 Å². The van der Waals surface area contributed by atoms with E-state index in [2.05, 4.69) is 70.1 Å². The number of hydrogen-bond donors (Lipinski definition) is 3. The van der Waals surface area contributed by atoms with E-state index in [1.807, 2.05) is 50.5 Å². The molecule has 0 spiro atoms. The molecule has 5 atom stereocenters. The topological polar surface area (TPSA) is 180 Å². The van der Waals surface area contributed by atoms with Gasteiger partial charge in [0.25, 0.3) is 5.91 Å². The van der Waals surface area contributed by atoms with Crippen LogP contribution in [0.15, 0.2) is 60.8 Å². The molecular formula is C53H74N8O9. The van der Waals surface area contributed by atoms with Crippen molar-refractivity contribution in [3.05, 3.63) is 83.2 Å². The number of ether oxygens (including phenoxy) is 4. The number of fused-ring (bicyclic) bond motifs is 1. The molecule has 0 unspecified atom stereocenters. The molecule has 1 aliphatic carbocycles. The largest absolute Gasteiger partial charge is 0.468 e. The van der Waals surface area contributed by atoms with Crippen LogP contribution in [0.3, 0.4) is 0 Å². The number of likely N-dealkylation sites (N-methyl/N-ethyl adjacent to an activating group) is 1. The zero-order valence-electron chi connectivity index (χ0n) is 42.7. The minimum atomic E-state index is -0.959. The molecule has 2 saturated heterocycles. The number of hydrazine groups is 1. The molecule has 17 heteroatoms. The summed E-state index contributed by atoms with van der Waals surface area (Å²) in [5.41, 5.74) is 9.84. The summed E-state index contributed by atoms with van der Waals surface area (Å²) in [4.78, 5) is 64.1. The highest BCUT2D eigenvalue weighted by atomic mass is 16.6. The highest BCUT2D eigenvalue weighted by Crippen LogP contribution is 2.47. The smallest absolute Gasteiger partial charge is 0.410 e. The summed E-state index contributed by atoms with van der Waals surface area (Å²) >= 11 is 0. The number of aromatic nitrogens is 2. The molecule has 3 N–H and O–H groups in total. The molecule has 3 fully saturated rings. The van der Waals surface area contributed by atoms with E-state index in [9.17, 15) is 24.3 Å². The molecule has 1 saturated carbocycles. The fourth-order valence-electron chi connectivity index (χ4n) is 9.77. The van der Waals surface area contributed by atoms with Crippen molar-refractivity contribution in [2.45, 2.75) is 123 Å². The van der Waals surface area contributed by atoms with Gasteiger partial charge in [0.2, 0.25) is 0 Å². The second-order valence-electron chi connectivity index (χ2n) is 20.8. The molecule has 70 heavy (non-hydrogen) atoms. The van der Waals surface area contributed by atoms with E-state index in [4.69, 9.17) is 23.9 Å². The summed E-state index contributed by atoms with van der Waals surface area (Å²) in [6.07, 6.45) is 3.13. The molecule has 4 aromatic rings. The van der Waals surface area contributed by atoms with Crippen LogP contribution in [0.2, 0.25) is 0 Å². The van der Waals surface area contributed by atoms with Gasteiger partial charge in [-0.1, -0.05) is 50.2 Å². The van der Waals surface area contributed by atoms with E-state index >= 15 is 0 Å². The molecule has 2 aromatic heterocycles. The second-order valence-corrected chi connectivity index (χ2v) is 20.8. The number of pyridine rings is 1. The number of rotatable bonds is 17. The first kappa shape index (κ1) is 52.1. The molecule has 3 aliphatic rings. The van der Waals surface area contributed by atoms with Crippen LogP contribution in [0.5, 0.6) is 0 Å². The number of methoxy groups -OCH3 is 2. The van der Waals surface area contributed by atoms with Gasteiger partial charge in [0.15, 0.2) is 0 Å². The summed E-state index contributed by atoms with van der Waals surface area (Å²) < 4.78 is 24.5. The number of aliphatic hydroxyl groups excluding tert-OH is 1. The minimum Gasteiger partial charge on any atom is -0.468 e. The highest BCUT2D eigenvalue weighted by molar-refractivity contribution is 5.94. The zero-order valence-corrected chi connectivity index (χ0v) is 42.7.